The summed E-state index contributed by atoms with van der Waals surface area (Å²) in [6, 6.07) is 17.2. The summed E-state index contributed by atoms with van der Waals surface area (Å²) in [6.07, 6.45) is 2.40. The number of amides is 2. The molecular formula is C26H29N2O5+. The Labute approximate surface area is 192 Å². The first-order chi connectivity index (χ1) is 15.9. The standard InChI is InChI=1S/C26H28N2O5/c29-23(14-15-24(30)31)27(18-10-11-18)25-19-8-4-5-9-21(19)28(26(32)33,22-13-12-20(22)25)16-17-6-2-1-3-7-17/h1-9,18,20,22,25H,10-16H2,(H-,30,31,32,33)/p+1/t20-,22-,25-,28?/m0/s1. The van der Waals surface area contributed by atoms with Gasteiger partial charge in [-0.3, -0.25) is 9.59 Å². The van der Waals surface area contributed by atoms with E-state index in [2.05, 4.69) is 0 Å². The molecule has 0 saturated heterocycles. The van der Waals surface area contributed by atoms with Crippen LogP contribution in [0.25, 0.3) is 0 Å². The maximum atomic E-state index is 13.2. The SMILES string of the molecule is O=C(O)CCC(=O)N(C1CC1)[C@H]1c2ccccc2[N+](Cc2ccccc2)(C(=O)O)[C@H]2CC[C@H]12. The normalized spacial score (nSPS) is 27.6. The van der Waals surface area contributed by atoms with E-state index in [1.54, 1.807) is 0 Å². The number of carbonyl (C=O) groups is 3. The number of hydrogen-bond acceptors (Lipinski definition) is 3. The lowest BCUT2D eigenvalue weighted by molar-refractivity contribution is -0.144. The van der Waals surface area contributed by atoms with Crippen LogP contribution in [0.2, 0.25) is 0 Å². The van der Waals surface area contributed by atoms with E-state index < -0.39 is 12.1 Å². The van der Waals surface area contributed by atoms with E-state index in [-0.39, 0.29) is 47.3 Å². The molecule has 7 heteroatoms. The quantitative estimate of drug-likeness (QED) is 0.604. The fourth-order valence-electron chi connectivity index (χ4n) is 5.96. The third-order valence-electron chi connectivity index (χ3n) is 7.64. The van der Waals surface area contributed by atoms with Crippen LogP contribution in [0, 0.1) is 5.92 Å². The number of carboxylic acids is 1. The van der Waals surface area contributed by atoms with Crippen molar-refractivity contribution in [3.63, 3.8) is 0 Å². The number of quaternary nitrogens is 1. The van der Waals surface area contributed by atoms with Crippen LogP contribution in [0.4, 0.5) is 10.5 Å². The lowest BCUT2D eigenvalue weighted by Gasteiger charge is -2.57. The molecule has 172 valence electrons. The minimum Gasteiger partial charge on any atom is -0.481 e. The second kappa shape index (κ2) is 8.30. The first-order valence-corrected chi connectivity index (χ1v) is 11.7. The highest BCUT2D eigenvalue weighted by molar-refractivity contribution is 5.86. The molecule has 1 heterocycles. The fourth-order valence-corrected chi connectivity index (χ4v) is 5.96. The molecule has 2 aromatic carbocycles. The number of para-hydroxylation sites is 1. The Bertz CT molecular complexity index is 1080. The molecule has 0 radical (unpaired) electrons. The number of hydrogen-bond donors (Lipinski definition) is 2. The average Bonchev–Trinajstić information content (AvgIpc) is 3.61. The number of carbonyl (C=O) groups excluding carboxylic acids is 1. The van der Waals surface area contributed by atoms with Gasteiger partial charge >= 0.3 is 12.1 Å². The first-order valence-electron chi connectivity index (χ1n) is 11.7. The summed E-state index contributed by atoms with van der Waals surface area (Å²) in [7, 11) is 0. The third kappa shape index (κ3) is 3.60. The molecule has 2 aliphatic carbocycles. The molecule has 0 aromatic heterocycles. The lowest BCUT2D eigenvalue weighted by Crippen LogP contribution is -2.70. The van der Waals surface area contributed by atoms with E-state index in [0.29, 0.717) is 6.54 Å². The predicted octanol–water partition coefficient (Wildman–Crippen LogP) is 4.56. The summed E-state index contributed by atoms with van der Waals surface area (Å²) in [4.78, 5) is 39.3. The fraction of sp³-hybridized carbons (Fsp3) is 0.423. The van der Waals surface area contributed by atoms with E-state index in [1.807, 2.05) is 59.5 Å². The van der Waals surface area contributed by atoms with Crippen LogP contribution in [-0.2, 0) is 16.1 Å². The van der Waals surface area contributed by atoms with Crippen LogP contribution in [-0.4, -0.2) is 45.2 Å². The molecule has 2 N–H and O–H groups in total. The largest absolute Gasteiger partial charge is 0.519 e. The molecule has 1 unspecified atom stereocenters. The Morgan fingerprint density at radius 1 is 0.879 bits per heavy atom. The monoisotopic (exact) mass is 449 g/mol. The van der Waals surface area contributed by atoms with Crippen molar-refractivity contribution >= 4 is 23.7 Å². The van der Waals surface area contributed by atoms with E-state index in [0.717, 1.165) is 42.5 Å². The van der Waals surface area contributed by atoms with Gasteiger partial charge in [0.25, 0.3) is 0 Å². The zero-order chi connectivity index (χ0) is 23.2. The van der Waals surface area contributed by atoms with E-state index in [4.69, 9.17) is 5.11 Å². The van der Waals surface area contributed by atoms with Gasteiger partial charge in [-0.2, -0.15) is 9.28 Å². The maximum Gasteiger partial charge on any atom is 0.519 e. The van der Waals surface area contributed by atoms with Crippen LogP contribution >= 0.6 is 0 Å². The molecule has 4 atom stereocenters. The molecular weight excluding hydrogens is 420 g/mol. The van der Waals surface area contributed by atoms with Crippen molar-refractivity contribution in [2.45, 2.75) is 63.2 Å². The highest BCUT2D eigenvalue weighted by Gasteiger charge is 2.63. The molecule has 0 spiro atoms. The van der Waals surface area contributed by atoms with Crippen molar-refractivity contribution in [2.75, 3.05) is 0 Å². The molecule has 2 amide bonds. The van der Waals surface area contributed by atoms with Crippen LogP contribution in [0.5, 0.6) is 0 Å². The zero-order valence-electron chi connectivity index (χ0n) is 18.5. The van der Waals surface area contributed by atoms with Gasteiger partial charge in [0, 0.05) is 42.0 Å². The minimum atomic E-state index is -0.978. The molecule has 5 rings (SSSR count). The average molecular weight is 450 g/mol. The number of benzene rings is 2. The molecule has 2 fully saturated rings. The number of fused-ring (bicyclic) bond motifs is 2. The highest BCUT2D eigenvalue weighted by atomic mass is 16.4. The predicted molar refractivity (Wildman–Crippen MR) is 122 cm³/mol. The third-order valence-corrected chi connectivity index (χ3v) is 7.64. The first kappa shape index (κ1) is 21.6. The summed E-state index contributed by atoms with van der Waals surface area (Å²) in [5.74, 6) is -1.08. The Hall–Kier alpha value is -3.19. The van der Waals surface area contributed by atoms with Crippen molar-refractivity contribution in [3.05, 3.63) is 65.7 Å². The van der Waals surface area contributed by atoms with E-state index in [9.17, 15) is 19.5 Å². The van der Waals surface area contributed by atoms with Crippen molar-refractivity contribution in [2.24, 2.45) is 5.92 Å². The topological polar surface area (TPSA) is 94.9 Å². The lowest BCUT2D eigenvalue weighted by atomic mass is 9.66. The number of aliphatic carboxylic acids is 1. The summed E-state index contributed by atoms with van der Waals surface area (Å²) in [5.41, 5.74) is 2.61. The van der Waals surface area contributed by atoms with Gasteiger partial charge in [-0.25, -0.2) is 0 Å². The smallest absolute Gasteiger partial charge is 0.481 e. The Morgan fingerprint density at radius 3 is 2.18 bits per heavy atom. The Morgan fingerprint density at radius 2 is 1.58 bits per heavy atom. The number of rotatable bonds is 7. The summed E-state index contributed by atoms with van der Waals surface area (Å²) in [5, 5.41) is 19.7. The summed E-state index contributed by atoms with van der Waals surface area (Å²) < 4.78 is -0.150. The number of nitrogens with zero attached hydrogens (tertiary/aromatic N) is 2. The van der Waals surface area contributed by atoms with Crippen molar-refractivity contribution in [1.82, 2.24) is 9.38 Å². The molecule has 2 aromatic rings. The summed E-state index contributed by atoms with van der Waals surface area (Å²) in [6.45, 7) is 0.359. The highest BCUT2D eigenvalue weighted by Crippen LogP contribution is 2.57. The maximum absolute atomic E-state index is 13.2. The van der Waals surface area contributed by atoms with E-state index >= 15 is 0 Å². The van der Waals surface area contributed by atoms with Crippen LogP contribution < -0.4 is 4.48 Å². The van der Waals surface area contributed by atoms with Gasteiger partial charge in [-0.05, 0) is 19.3 Å². The van der Waals surface area contributed by atoms with Crippen molar-refractivity contribution < 1.29 is 24.6 Å². The van der Waals surface area contributed by atoms with Gasteiger partial charge in [0.15, 0.2) is 0 Å². The van der Waals surface area contributed by atoms with Crippen molar-refractivity contribution in [1.29, 1.82) is 0 Å². The van der Waals surface area contributed by atoms with Gasteiger partial charge in [-0.1, -0.05) is 48.5 Å². The number of carboxylic acid groups (broad SMARTS) is 2. The molecule has 0 bridgehead atoms. The zero-order valence-corrected chi connectivity index (χ0v) is 18.5. The van der Waals surface area contributed by atoms with Crippen molar-refractivity contribution in [3.8, 4) is 0 Å². The minimum absolute atomic E-state index is 0.0230. The van der Waals surface area contributed by atoms with E-state index in [1.165, 1.54) is 0 Å². The Balaban J connectivity index is 1.60. The molecule has 1 aliphatic heterocycles. The van der Waals surface area contributed by atoms with Crippen LogP contribution in [0.15, 0.2) is 54.6 Å². The van der Waals surface area contributed by atoms with Gasteiger partial charge in [0.1, 0.15) is 18.3 Å². The van der Waals surface area contributed by atoms with Gasteiger partial charge < -0.3 is 15.1 Å². The second-order valence-electron chi connectivity index (χ2n) is 9.53. The van der Waals surface area contributed by atoms with Crippen LogP contribution in [0.1, 0.15) is 55.7 Å². The van der Waals surface area contributed by atoms with Crippen LogP contribution in [0.3, 0.4) is 0 Å². The van der Waals surface area contributed by atoms with Gasteiger partial charge in [-0.15, -0.1) is 0 Å². The second-order valence-corrected chi connectivity index (χ2v) is 9.53. The Kier molecular flexibility index (Phi) is 5.44. The molecule has 2 saturated carbocycles. The van der Waals surface area contributed by atoms with Gasteiger partial charge in [0.2, 0.25) is 5.91 Å². The van der Waals surface area contributed by atoms with Gasteiger partial charge in [0.05, 0.1) is 12.5 Å². The summed E-state index contributed by atoms with van der Waals surface area (Å²) >= 11 is 0. The molecule has 33 heavy (non-hydrogen) atoms. The molecule has 3 aliphatic rings. The molecule has 7 nitrogen and oxygen atoms in total.